The number of amides is 1. The summed E-state index contributed by atoms with van der Waals surface area (Å²) in [5, 5.41) is 6.41. The van der Waals surface area contributed by atoms with E-state index in [-0.39, 0.29) is 29.8 Å². The number of carbonyl (C=O) groups is 1. The van der Waals surface area contributed by atoms with Crippen LogP contribution < -0.4 is 10.6 Å². The van der Waals surface area contributed by atoms with Gasteiger partial charge in [0.15, 0.2) is 0 Å². The molecule has 0 aromatic rings. The van der Waals surface area contributed by atoms with Gasteiger partial charge in [-0.25, -0.2) is 0 Å². The summed E-state index contributed by atoms with van der Waals surface area (Å²) in [5.74, 6) is 0.159. The Morgan fingerprint density at radius 2 is 2.00 bits per heavy atom. The van der Waals surface area contributed by atoms with Crippen LogP contribution in [-0.4, -0.2) is 49.6 Å². The van der Waals surface area contributed by atoms with Gasteiger partial charge in [0.05, 0.1) is 6.04 Å². The van der Waals surface area contributed by atoms with E-state index >= 15 is 0 Å². The number of hydrogen-bond donors (Lipinski definition) is 2. The van der Waals surface area contributed by atoms with Crippen molar-refractivity contribution in [3.63, 3.8) is 0 Å². The molecule has 0 aromatic heterocycles. The molecule has 0 aliphatic carbocycles. The van der Waals surface area contributed by atoms with Gasteiger partial charge in [-0.05, 0) is 37.9 Å². The van der Waals surface area contributed by atoms with Gasteiger partial charge in [-0.1, -0.05) is 27.7 Å². The van der Waals surface area contributed by atoms with E-state index in [4.69, 9.17) is 0 Å². The second-order valence-electron chi connectivity index (χ2n) is 5.80. The minimum atomic E-state index is -0.0389. The number of hydrogen-bond acceptors (Lipinski definition) is 3. The second-order valence-corrected chi connectivity index (χ2v) is 5.80. The fourth-order valence-electron chi connectivity index (χ4n) is 2.64. The Labute approximate surface area is 124 Å². The molecule has 1 aliphatic rings. The summed E-state index contributed by atoms with van der Waals surface area (Å²) in [6, 6.07) is -0.0389. The van der Waals surface area contributed by atoms with Crippen LogP contribution in [0.5, 0.6) is 0 Å². The predicted molar refractivity (Wildman–Crippen MR) is 82.9 cm³/mol. The van der Waals surface area contributed by atoms with Crippen molar-refractivity contribution in [3.05, 3.63) is 0 Å². The molecule has 0 radical (unpaired) electrons. The third kappa shape index (κ3) is 5.67. The van der Waals surface area contributed by atoms with Gasteiger partial charge in [-0.15, -0.1) is 12.4 Å². The third-order valence-electron chi connectivity index (χ3n) is 4.01. The van der Waals surface area contributed by atoms with Crippen molar-refractivity contribution in [2.24, 2.45) is 5.41 Å². The van der Waals surface area contributed by atoms with Gasteiger partial charge in [0.2, 0.25) is 5.91 Å². The van der Waals surface area contributed by atoms with E-state index in [0.29, 0.717) is 0 Å². The van der Waals surface area contributed by atoms with Crippen LogP contribution in [0.4, 0.5) is 0 Å². The number of nitrogens with zero attached hydrogens (tertiary/aromatic N) is 1. The van der Waals surface area contributed by atoms with Crippen molar-refractivity contribution >= 4 is 18.3 Å². The van der Waals surface area contributed by atoms with Crippen molar-refractivity contribution in [1.82, 2.24) is 15.5 Å². The summed E-state index contributed by atoms with van der Waals surface area (Å²) in [5.41, 5.74) is 0.0670. The summed E-state index contributed by atoms with van der Waals surface area (Å²) < 4.78 is 0. The van der Waals surface area contributed by atoms with E-state index in [2.05, 4.69) is 43.2 Å². The predicted octanol–water partition coefficient (Wildman–Crippen LogP) is 1.64. The quantitative estimate of drug-likeness (QED) is 0.782. The first-order valence-corrected chi connectivity index (χ1v) is 7.24. The molecule has 1 rings (SSSR count). The zero-order chi connectivity index (χ0) is 13.6. The molecular weight excluding hydrogens is 262 g/mol. The minimum absolute atomic E-state index is 0. The highest BCUT2D eigenvalue weighted by Gasteiger charge is 2.36. The number of rotatable bonds is 6. The Hall–Kier alpha value is -0.320. The number of halogens is 1. The summed E-state index contributed by atoms with van der Waals surface area (Å²) in [7, 11) is 0. The van der Waals surface area contributed by atoms with Crippen LogP contribution in [0.25, 0.3) is 0 Å². The Balaban J connectivity index is 0.00000324. The maximum absolute atomic E-state index is 12.2. The largest absolute Gasteiger partial charge is 0.353 e. The van der Waals surface area contributed by atoms with Crippen molar-refractivity contribution < 1.29 is 4.79 Å². The molecule has 4 nitrogen and oxygen atoms in total. The number of nitrogens with one attached hydrogen (secondary N) is 2. The Kier molecular flexibility index (Phi) is 8.62. The standard InChI is InChI=1S/C14H29N3O.ClH/c1-5-17(6-2)11-10-16-13(18)12-14(3,4)8-7-9-15-12;/h12,15H,5-11H2,1-4H3,(H,16,18);1H. The first kappa shape index (κ1) is 18.7. The second kappa shape index (κ2) is 8.77. The average Bonchev–Trinajstić information content (AvgIpc) is 2.34. The molecule has 1 saturated heterocycles. The highest BCUT2D eigenvalue weighted by molar-refractivity contribution is 5.85. The molecule has 2 N–H and O–H groups in total. The molecule has 5 heteroatoms. The van der Waals surface area contributed by atoms with Crippen LogP contribution in [0.1, 0.15) is 40.5 Å². The first-order chi connectivity index (χ1) is 8.51. The molecule has 1 unspecified atom stereocenters. The van der Waals surface area contributed by atoms with Crippen molar-refractivity contribution in [2.45, 2.75) is 46.6 Å². The van der Waals surface area contributed by atoms with Crippen molar-refractivity contribution in [1.29, 1.82) is 0 Å². The van der Waals surface area contributed by atoms with Crippen LogP contribution in [0, 0.1) is 5.41 Å². The topological polar surface area (TPSA) is 44.4 Å². The van der Waals surface area contributed by atoms with Crippen LogP contribution in [0.15, 0.2) is 0 Å². The lowest BCUT2D eigenvalue weighted by Gasteiger charge is -2.38. The van der Waals surface area contributed by atoms with Gasteiger partial charge in [0.1, 0.15) is 0 Å². The average molecular weight is 292 g/mol. The maximum atomic E-state index is 12.2. The molecule has 1 aliphatic heterocycles. The molecule has 1 fully saturated rings. The highest BCUT2D eigenvalue weighted by Crippen LogP contribution is 2.29. The smallest absolute Gasteiger partial charge is 0.237 e. The molecule has 114 valence electrons. The van der Waals surface area contributed by atoms with E-state index in [1.54, 1.807) is 0 Å². The van der Waals surface area contributed by atoms with Gasteiger partial charge in [0, 0.05) is 13.1 Å². The zero-order valence-corrected chi connectivity index (χ0v) is 13.6. The molecule has 1 amide bonds. The summed E-state index contributed by atoms with van der Waals surface area (Å²) >= 11 is 0. The fraction of sp³-hybridized carbons (Fsp3) is 0.929. The number of carbonyl (C=O) groups excluding carboxylic acids is 1. The van der Waals surface area contributed by atoms with Gasteiger partial charge < -0.3 is 15.5 Å². The molecular formula is C14H30ClN3O. The minimum Gasteiger partial charge on any atom is -0.353 e. The fourth-order valence-corrected chi connectivity index (χ4v) is 2.64. The lowest BCUT2D eigenvalue weighted by atomic mass is 9.77. The van der Waals surface area contributed by atoms with Crippen LogP contribution >= 0.6 is 12.4 Å². The van der Waals surface area contributed by atoms with Crippen LogP contribution in [0.2, 0.25) is 0 Å². The van der Waals surface area contributed by atoms with Crippen LogP contribution in [-0.2, 0) is 4.79 Å². The molecule has 0 saturated carbocycles. The normalized spacial score (nSPS) is 21.8. The molecule has 19 heavy (non-hydrogen) atoms. The summed E-state index contributed by atoms with van der Waals surface area (Å²) in [6.45, 7) is 13.4. The van der Waals surface area contributed by atoms with E-state index in [1.165, 1.54) is 0 Å². The van der Waals surface area contributed by atoms with Gasteiger partial charge >= 0.3 is 0 Å². The monoisotopic (exact) mass is 291 g/mol. The number of likely N-dealkylation sites (N-methyl/N-ethyl adjacent to an activating group) is 1. The van der Waals surface area contributed by atoms with Gasteiger partial charge in [0.25, 0.3) is 0 Å². The van der Waals surface area contributed by atoms with E-state index < -0.39 is 0 Å². The lowest BCUT2D eigenvalue weighted by molar-refractivity contribution is -0.126. The third-order valence-corrected chi connectivity index (χ3v) is 4.01. The van der Waals surface area contributed by atoms with E-state index in [9.17, 15) is 4.79 Å². The number of piperidine rings is 1. The Morgan fingerprint density at radius 1 is 1.37 bits per heavy atom. The highest BCUT2D eigenvalue weighted by atomic mass is 35.5. The molecule has 0 spiro atoms. The van der Waals surface area contributed by atoms with Gasteiger partial charge in [-0.3, -0.25) is 4.79 Å². The van der Waals surface area contributed by atoms with Crippen LogP contribution in [0.3, 0.4) is 0 Å². The molecule has 0 bridgehead atoms. The molecule has 1 heterocycles. The van der Waals surface area contributed by atoms with E-state index in [1.807, 2.05) is 0 Å². The van der Waals surface area contributed by atoms with Crippen molar-refractivity contribution in [3.8, 4) is 0 Å². The zero-order valence-electron chi connectivity index (χ0n) is 12.8. The first-order valence-electron chi connectivity index (χ1n) is 7.24. The lowest BCUT2D eigenvalue weighted by Crippen LogP contribution is -2.56. The Morgan fingerprint density at radius 3 is 2.53 bits per heavy atom. The molecule has 0 aromatic carbocycles. The summed E-state index contributed by atoms with van der Waals surface area (Å²) in [6.07, 6.45) is 2.28. The van der Waals surface area contributed by atoms with E-state index in [0.717, 1.165) is 45.6 Å². The molecule has 1 atom stereocenters. The Bertz CT molecular complexity index is 267. The van der Waals surface area contributed by atoms with Gasteiger partial charge in [-0.2, -0.15) is 0 Å². The maximum Gasteiger partial charge on any atom is 0.237 e. The summed E-state index contributed by atoms with van der Waals surface area (Å²) in [4.78, 5) is 14.5. The SMILES string of the molecule is CCN(CC)CCNC(=O)C1NCCCC1(C)C.Cl. The van der Waals surface area contributed by atoms with Crippen molar-refractivity contribution in [2.75, 3.05) is 32.7 Å².